The Kier molecular flexibility index (Phi) is 3.74. The first-order chi connectivity index (χ1) is 7.75. The number of aromatic nitrogens is 1. The molecule has 0 aliphatic carbocycles. The van der Waals surface area contributed by atoms with Crippen molar-refractivity contribution in [2.45, 2.75) is 26.3 Å². The minimum absolute atomic E-state index is 0.455. The van der Waals surface area contributed by atoms with E-state index in [0.717, 1.165) is 24.6 Å². The minimum atomic E-state index is 0.455. The van der Waals surface area contributed by atoms with Crippen LogP contribution in [0, 0.1) is 6.92 Å². The summed E-state index contributed by atoms with van der Waals surface area (Å²) >= 11 is 1.71. The first-order valence-corrected chi connectivity index (χ1v) is 6.29. The zero-order chi connectivity index (χ0) is 11.4. The van der Waals surface area contributed by atoms with Crippen molar-refractivity contribution in [1.29, 1.82) is 0 Å². The molecule has 1 N–H and O–H groups in total. The van der Waals surface area contributed by atoms with Crippen LogP contribution in [0.3, 0.4) is 0 Å². The fourth-order valence-electron chi connectivity index (χ4n) is 1.56. The van der Waals surface area contributed by atoms with Crippen LogP contribution in [0.2, 0.25) is 0 Å². The van der Waals surface area contributed by atoms with Crippen LogP contribution >= 0.6 is 11.3 Å². The van der Waals surface area contributed by atoms with Gasteiger partial charge in [0.25, 0.3) is 0 Å². The van der Waals surface area contributed by atoms with Crippen LogP contribution in [0.4, 0.5) is 0 Å². The summed E-state index contributed by atoms with van der Waals surface area (Å²) in [4.78, 5) is 4.30. The van der Waals surface area contributed by atoms with Gasteiger partial charge in [-0.05, 0) is 19.1 Å². The molecule has 2 aromatic heterocycles. The average molecular weight is 236 g/mol. The number of rotatable bonds is 5. The average Bonchev–Trinajstić information content (AvgIpc) is 2.89. The molecule has 2 rings (SSSR count). The summed E-state index contributed by atoms with van der Waals surface area (Å²) in [5.41, 5.74) is 0. The number of furan rings is 1. The second kappa shape index (κ2) is 5.27. The van der Waals surface area contributed by atoms with E-state index in [0.29, 0.717) is 5.92 Å². The zero-order valence-electron chi connectivity index (χ0n) is 9.56. The third-order valence-corrected chi connectivity index (χ3v) is 3.43. The van der Waals surface area contributed by atoms with E-state index in [4.69, 9.17) is 4.42 Å². The summed E-state index contributed by atoms with van der Waals surface area (Å²) in [5.74, 6) is 2.41. The second-order valence-corrected chi connectivity index (χ2v) is 4.84. The second-order valence-electron chi connectivity index (χ2n) is 3.91. The van der Waals surface area contributed by atoms with Crippen molar-refractivity contribution in [3.63, 3.8) is 0 Å². The molecule has 0 amide bonds. The third-order valence-electron chi connectivity index (χ3n) is 2.42. The number of thiazole rings is 1. The van der Waals surface area contributed by atoms with E-state index in [-0.39, 0.29) is 0 Å². The van der Waals surface area contributed by atoms with E-state index >= 15 is 0 Å². The molecule has 0 radical (unpaired) electrons. The van der Waals surface area contributed by atoms with Gasteiger partial charge in [0.15, 0.2) is 0 Å². The van der Waals surface area contributed by atoms with Crippen molar-refractivity contribution in [3.05, 3.63) is 40.2 Å². The van der Waals surface area contributed by atoms with Crippen LogP contribution < -0.4 is 5.32 Å². The smallest absolute Gasteiger partial charge is 0.117 e. The van der Waals surface area contributed by atoms with Crippen LogP contribution in [0.25, 0.3) is 0 Å². The Bertz CT molecular complexity index is 422. The lowest BCUT2D eigenvalue weighted by Crippen LogP contribution is -2.19. The summed E-state index contributed by atoms with van der Waals surface area (Å²) in [5, 5.41) is 6.58. The zero-order valence-corrected chi connectivity index (χ0v) is 10.4. The van der Waals surface area contributed by atoms with E-state index in [1.807, 2.05) is 30.6 Å². The van der Waals surface area contributed by atoms with E-state index in [9.17, 15) is 0 Å². The summed E-state index contributed by atoms with van der Waals surface area (Å²) in [6.45, 7) is 5.84. The molecule has 2 heterocycles. The number of nitrogens with zero attached hydrogens (tertiary/aromatic N) is 1. The number of hydrogen-bond acceptors (Lipinski definition) is 4. The third kappa shape index (κ3) is 2.93. The Balaban J connectivity index is 1.76. The molecular weight excluding hydrogens is 220 g/mol. The van der Waals surface area contributed by atoms with Crippen LogP contribution in [0.5, 0.6) is 0 Å². The minimum Gasteiger partial charge on any atom is -0.465 e. The molecule has 1 atom stereocenters. The first kappa shape index (κ1) is 11.4. The molecular formula is C12H16N2OS. The summed E-state index contributed by atoms with van der Waals surface area (Å²) in [6.07, 6.45) is 1.85. The van der Waals surface area contributed by atoms with Crippen LogP contribution in [0.15, 0.2) is 28.1 Å². The molecule has 0 aromatic carbocycles. The van der Waals surface area contributed by atoms with Gasteiger partial charge in [-0.25, -0.2) is 4.98 Å². The highest BCUT2D eigenvalue weighted by molar-refractivity contribution is 7.09. The van der Waals surface area contributed by atoms with Gasteiger partial charge in [-0.3, -0.25) is 0 Å². The standard InChI is InChI=1S/C12H16N2OS/c1-9(12-14-5-6-16-12)7-13-8-11-4-3-10(2)15-11/h3-6,9,13H,7-8H2,1-2H3. The van der Waals surface area contributed by atoms with Gasteiger partial charge in [0.05, 0.1) is 11.6 Å². The largest absolute Gasteiger partial charge is 0.465 e. The van der Waals surface area contributed by atoms with Gasteiger partial charge in [0.2, 0.25) is 0 Å². The lowest BCUT2D eigenvalue weighted by molar-refractivity contribution is 0.457. The molecule has 4 heteroatoms. The van der Waals surface area contributed by atoms with Gasteiger partial charge in [0, 0.05) is 24.0 Å². The molecule has 0 bridgehead atoms. The van der Waals surface area contributed by atoms with Crippen molar-refractivity contribution in [2.24, 2.45) is 0 Å². The van der Waals surface area contributed by atoms with Crippen LogP contribution in [-0.4, -0.2) is 11.5 Å². The molecule has 0 saturated carbocycles. The van der Waals surface area contributed by atoms with Crippen molar-refractivity contribution in [1.82, 2.24) is 10.3 Å². The number of nitrogens with one attached hydrogen (secondary N) is 1. The molecule has 0 saturated heterocycles. The van der Waals surface area contributed by atoms with E-state index in [1.165, 1.54) is 5.01 Å². The van der Waals surface area contributed by atoms with Crippen molar-refractivity contribution >= 4 is 11.3 Å². The summed E-state index contributed by atoms with van der Waals surface area (Å²) in [7, 11) is 0. The Morgan fingerprint density at radius 3 is 3.00 bits per heavy atom. The number of hydrogen-bond donors (Lipinski definition) is 1. The molecule has 0 fully saturated rings. The predicted octanol–water partition coefficient (Wildman–Crippen LogP) is 2.94. The lowest BCUT2D eigenvalue weighted by atomic mass is 10.2. The summed E-state index contributed by atoms with van der Waals surface area (Å²) < 4.78 is 5.48. The van der Waals surface area contributed by atoms with Gasteiger partial charge in [0.1, 0.15) is 11.5 Å². The predicted molar refractivity (Wildman–Crippen MR) is 65.7 cm³/mol. The fraction of sp³-hybridized carbons (Fsp3) is 0.417. The summed E-state index contributed by atoms with van der Waals surface area (Å²) in [6, 6.07) is 4.00. The lowest BCUT2D eigenvalue weighted by Gasteiger charge is -2.08. The van der Waals surface area contributed by atoms with Gasteiger partial charge >= 0.3 is 0 Å². The monoisotopic (exact) mass is 236 g/mol. The van der Waals surface area contributed by atoms with Crippen molar-refractivity contribution in [3.8, 4) is 0 Å². The maximum Gasteiger partial charge on any atom is 0.117 e. The molecule has 0 aliphatic heterocycles. The van der Waals surface area contributed by atoms with Crippen LogP contribution in [0.1, 0.15) is 29.4 Å². The SMILES string of the molecule is Cc1ccc(CNCC(C)c2nccs2)o1. The highest BCUT2D eigenvalue weighted by atomic mass is 32.1. The Morgan fingerprint density at radius 2 is 2.38 bits per heavy atom. The molecule has 0 aliphatic rings. The topological polar surface area (TPSA) is 38.1 Å². The first-order valence-electron chi connectivity index (χ1n) is 5.41. The van der Waals surface area contributed by atoms with E-state index in [2.05, 4.69) is 17.2 Å². The normalized spacial score (nSPS) is 12.9. The maximum atomic E-state index is 5.48. The van der Waals surface area contributed by atoms with Crippen molar-refractivity contribution in [2.75, 3.05) is 6.54 Å². The van der Waals surface area contributed by atoms with Gasteiger partial charge < -0.3 is 9.73 Å². The Labute approximate surface area is 99.5 Å². The van der Waals surface area contributed by atoms with E-state index in [1.54, 1.807) is 11.3 Å². The molecule has 3 nitrogen and oxygen atoms in total. The highest BCUT2D eigenvalue weighted by Crippen LogP contribution is 2.16. The fourth-order valence-corrected chi connectivity index (χ4v) is 2.26. The number of aryl methyl sites for hydroxylation is 1. The van der Waals surface area contributed by atoms with Gasteiger partial charge in [-0.2, -0.15) is 0 Å². The molecule has 0 spiro atoms. The van der Waals surface area contributed by atoms with E-state index < -0.39 is 0 Å². The molecule has 86 valence electrons. The molecule has 2 aromatic rings. The maximum absolute atomic E-state index is 5.48. The highest BCUT2D eigenvalue weighted by Gasteiger charge is 2.07. The Morgan fingerprint density at radius 1 is 1.50 bits per heavy atom. The van der Waals surface area contributed by atoms with Gasteiger partial charge in [-0.15, -0.1) is 11.3 Å². The van der Waals surface area contributed by atoms with Crippen LogP contribution in [-0.2, 0) is 6.54 Å². The van der Waals surface area contributed by atoms with Gasteiger partial charge in [-0.1, -0.05) is 6.92 Å². The van der Waals surface area contributed by atoms with Crippen molar-refractivity contribution < 1.29 is 4.42 Å². The molecule has 16 heavy (non-hydrogen) atoms. The molecule has 1 unspecified atom stereocenters. The quantitative estimate of drug-likeness (QED) is 0.867. The Hall–Kier alpha value is -1.13.